The van der Waals surface area contributed by atoms with Crippen LogP contribution in [0.15, 0.2) is 42.6 Å². The van der Waals surface area contributed by atoms with E-state index >= 15 is 0 Å². The summed E-state index contributed by atoms with van der Waals surface area (Å²) in [6, 6.07) is 10.7. The highest BCUT2D eigenvalue weighted by Gasteiger charge is 2.11. The molecule has 0 spiro atoms. The van der Waals surface area contributed by atoms with E-state index < -0.39 is 0 Å². The fraction of sp³-hybridized carbons (Fsp3) is 0.0625. The Hall–Kier alpha value is -1.19. The quantitative estimate of drug-likeness (QED) is 0.576. The molecule has 22 heavy (non-hydrogen) atoms. The molecule has 3 aromatic rings. The van der Waals surface area contributed by atoms with Crippen molar-refractivity contribution in [2.75, 3.05) is 0 Å². The Morgan fingerprint density at radius 3 is 2.18 bits per heavy atom. The van der Waals surface area contributed by atoms with E-state index in [1.165, 1.54) is 0 Å². The summed E-state index contributed by atoms with van der Waals surface area (Å²) in [6.07, 6.45) is 2.33. The second kappa shape index (κ2) is 6.51. The van der Waals surface area contributed by atoms with Gasteiger partial charge in [0, 0.05) is 38.3 Å². The van der Waals surface area contributed by atoms with Crippen molar-refractivity contribution in [1.82, 2.24) is 9.97 Å². The van der Waals surface area contributed by atoms with E-state index in [9.17, 15) is 0 Å². The van der Waals surface area contributed by atoms with Gasteiger partial charge < -0.3 is 4.98 Å². The summed E-state index contributed by atoms with van der Waals surface area (Å²) in [6.45, 7) is 0. The number of aromatic nitrogens is 2. The smallest absolute Gasteiger partial charge is 0.111 e. The molecular formula is C16H10Cl4N2. The first-order valence-corrected chi connectivity index (χ1v) is 7.98. The summed E-state index contributed by atoms with van der Waals surface area (Å²) < 4.78 is 0. The van der Waals surface area contributed by atoms with Crippen molar-refractivity contribution in [3.63, 3.8) is 0 Å². The van der Waals surface area contributed by atoms with E-state index in [4.69, 9.17) is 46.4 Å². The Kier molecular flexibility index (Phi) is 4.65. The van der Waals surface area contributed by atoms with Gasteiger partial charge in [0.15, 0.2) is 0 Å². The van der Waals surface area contributed by atoms with Gasteiger partial charge in [0.05, 0.1) is 5.69 Å². The molecule has 3 rings (SSSR count). The molecule has 2 aromatic carbocycles. The van der Waals surface area contributed by atoms with Crippen molar-refractivity contribution >= 4 is 46.4 Å². The highest BCUT2D eigenvalue weighted by Crippen LogP contribution is 2.28. The van der Waals surface area contributed by atoms with Crippen LogP contribution in [-0.2, 0) is 6.42 Å². The SMILES string of the molecule is Clc1cc(Cl)cc(-c2c[nH]c(Cc3c(Cl)cccc3Cl)n2)c1. The molecule has 1 aromatic heterocycles. The Morgan fingerprint density at radius 1 is 0.909 bits per heavy atom. The van der Waals surface area contributed by atoms with Gasteiger partial charge in [-0.1, -0.05) is 52.5 Å². The molecule has 0 aliphatic heterocycles. The van der Waals surface area contributed by atoms with Crippen LogP contribution in [0.2, 0.25) is 20.1 Å². The van der Waals surface area contributed by atoms with Crippen LogP contribution < -0.4 is 0 Å². The van der Waals surface area contributed by atoms with E-state index in [0.29, 0.717) is 26.5 Å². The summed E-state index contributed by atoms with van der Waals surface area (Å²) in [5, 5.41) is 2.38. The topological polar surface area (TPSA) is 28.7 Å². The van der Waals surface area contributed by atoms with Crippen molar-refractivity contribution < 1.29 is 0 Å². The zero-order chi connectivity index (χ0) is 15.7. The first-order valence-electron chi connectivity index (χ1n) is 6.46. The summed E-state index contributed by atoms with van der Waals surface area (Å²) in [5.41, 5.74) is 2.46. The van der Waals surface area contributed by atoms with Gasteiger partial charge in [0.1, 0.15) is 5.82 Å². The monoisotopic (exact) mass is 370 g/mol. The largest absolute Gasteiger partial charge is 0.348 e. The molecule has 0 saturated heterocycles. The number of nitrogens with zero attached hydrogens (tertiary/aromatic N) is 1. The van der Waals surface area contributed by atoms with Crippen LogP contribution in [0, 0.1) is 0 Å². The van der Waals surface area contributed by atoms with E-state index in [-0.39, 0.29) is 0 Å². The Morgan fingerprint density at radius 2 is 1.55 bits per heavy atom. The number of halogens is 4. The fourth-order valence-corrected chi connectivity index (χ4v) is 3.23. The van der Waals surface area contributed by atoms with Crippen molar-refractivity contribution in [3.05, 3.63) is 74.1 Å². The number of H-pyrrole nitrogens is 1. The van der Waals surface area contributed by atoms with E-state index in [1.54, 1.807) is 6.07 Å². The van der Waals surface area contributed by atoms with Crippen molar-refractivity contribution in [2.45, 2.75) is 6.42 Å². The first-order chi connectivity index (χ1) is 10.5. The molecule has 1 heterocycles. The highest BCUT2D eigenvalue weighted by molar-refractivity contribution is 6.36. The fourth-order valence-electron chi connectivity index (χ4n) is 2.17. The summed E-state index contributed by atoms with van der Waals surface area (Å²) in [7, 11) is 0. The van der Waals surface area contributed by atoms with Crippen molar-refractivity contribution in [2.24, 2.45) is 0 Å². The van der Waals surface area contributed by atoms with Crippen LogP contribution in [0.1, 0.15) is 11.4 Å². The standard InChI is InChI=1S/C16H10Cl4N2/c17-10-4-9(5-11(18)6-10)15-8-21-16(22-15)7-12-13(19)2-1-3-14(12)20/h1-6,8H,7H2,(H,21,22). The van der Waals surface area contributed by atoms with Gasteiger partial charge in [-0.25, -0.2) is 4.98 Å². The second-order valence-corrected chi connectivity index (χ2v) is 6.45. The molecule has 0 amide bonds. The van der Waals surface area contributed by atoms with Gasteiger partial charge in [0.2, 0.25) is 0 Å². The number of rotatable bonds is 3. The molecular weight excluding hydrogens is 362 g/mol. The van der Waals surface area contributed by atoms with Crippen molar-refractivity contribution in [3.8, 4) is 11.3 Å². The predicted octanol–water partition coefficient (Wildman–Crippen LogP) is 6.28. The van der Waals surface area contributed by atoms with E-state index in [0.717, 1.165) is 22.6 Å². The lowest BCUT2D eigenvalue weighted by atomic mass is 10.1. The lowest BCUT2D eigenvalue weighted by molar-refractivity contribution is 1.03. The predicted molar refractivity (Wildman–Crippen MR) is 93.3 cm³/mol. The second-order valence-electron chi connectivity index (χ2n) is 4.77. The molecule has 0 unspecified atom stereocenters. The molecule has 1 N–H and O–H groups in total. The molecule has 6 heteroatoms. The molecule has 0 bridgehead atoms. The minimum atomic E-state index is 0.521. The van der Waals surface area contributed by atoms with Crippen LogP contribution in [-0.4, -0.2) is 9.97 Å². The molecule has 0 atom stereocenters. The Bertz CT molecular complexity index is 786. The van der Waals surface area contributed by atoms with Gasteiger partial charge in [-0.2, -0.15) is 0 Å². The molecule has 2 nitrogen and oxygen atoms in total. The van der Waals surface area contributed by atoms with Crippen LogP contribution in [0.3, 0.4) is 0 Å². The maximum atomic E-state index is 6.18. The number of nitrogens with one attached hydrogen (secondary N) is 1. The van der Waals surface area contributed by atoms with Gasteiger partial charge in [-0.05, 0) is 35.9 Å². The number of benzene rings is 2. The molecule has 112 valence electrons. The minimum Gasteiger partial charge on any atom is -0.348 e. The third kappa shape index (κ3) is 3.41. The normalized spacial score (nSPS) is 10.9. The van der Waals surface area contributed by atoms with Gasteiger partial charge in [-0.15, -0.1) is 0 Å². The van der Waals surface area contributed by atoms with Gasteiger partial charge >= 0.3 is 0 Å². The molecule has 0 aliphatic rings. The summed E-state index contributed by atoms with van der Waals surface area (Å²) in [5.74, 6) is 0.765. The average Bonchev–Trinajstić information content (AvgIpc) is 2.91. The average molecular weight is 372 g/mol. The number of aromatic amines is 1. The van der Waals surface area contributed by atoms with Crippen LogP contribution in [0.25, 0.3) is 11.3 Å². The van der Waals surface area contributed by atoms with Crippen LogP contribution in [0.5, 0.6) is 0 Å². The lowest BCUT2D eigenvalue weighted by Crippen LogP contribution is -1.93. The minimum absolute atomic E-state index is 0.521. The number of imidazole rings is 1. The summed E-state index contributed by atoms with van der Waals surface area (Å²) >= 11 is 24.4. The molecule has 0 radical (unpaired) electrons. The molecule has 0 saturated carbocycles. The number of hydrogen-bond acceptors (Lipinski definition) is 1. The van der Waals surface area contributed by atoms with Crippen LogP contribution >= 0.6 is 46.4 Å². The Labute approximate surface area is 148 Å². The zero-order valence-electron chi connectivity index (χ0n) is 11.2. The van der Waals surface area contributed by atoms with Gasteiger partial charge in [-0.3, -0.25) is 0 Å². The molecule has 0 fully saturated rings. The van der Waals surface area contributed by atoms with Crippen LogP contribution in [0.4, 0.5) is 0 Å². The first kappa shape index (κ1) is 15.7. The van der Waals surface area contributed by atoms with Gasteiger partial charge in [0.25, 0.3) is 0 Å². The third-order valence-electron chi connectivity index (χ3n) is 3.20. The van der Waals surface area contributed by atoms with E-state index in [1.807, 2.05) is 36.5 Å². The van der Waals surface area contributed by atoms with E-state index in [2.05, 4.69) is 9.97 Å². The third-order valence-corrected chi connectivity index (χ3v) is 4.34. The molecule has 0 aliphatic carbocycles. The Balaban J connectivity index is 1.91. The highest BCUT2D eigenvalue weighted by atomic mass is 35.5. The lowest BCUT2D eigenvalue weighted by Gasteiger charge is -2.04. The zero-order valence-corrected chi connectivity index (χ0v) is 14.2. The number of hydrogen-bond donors (Lipinski definition) is 1. The van der Waals surface area contributed by atoms with Crippen molar-refractivity contribution in [1.29, 1.82) is 0 Å². The maximum absolute atomic E-state index is 6.18. The summed E-state index contributed by atoms with van der Waals surface area (Å²) in [4.78, 5) is 7.68. The maximum Gasteiger partial charge on any atom is 0.111 e.